The monoisotopic (exact) mass is 506 g/mol. The number of ether oxygens (including phenoxy) is 2. The Morgan fingerprint density at radius 3 is 2.53 bits per heavy atom. The van der Waals surface area contributed by atoms with E-state index in [1.54, 1.807) is 24.4 Å². The fraction of sp³-hybridized carbons (Fsp3) is 0.174. The molecule has 2 heterocycles. The van der Waals surface area contributed by atoms with Crippen molar-refractivity contribution in [2.45, 2.75) is 19.5 Å². The second-order valence-corrected chi connectivity index (χ2v) is 7.93. The lowest BCUT2D eigenvalue weighted by Crippen LogP contribution is -2.17. The molecule has 0 saturated carbocycles. The van der Waals surface area contributed by atoms with E-state index in [1.165, 1.54) is 19.2 Å². The van der Waals surface area contributed by atoms with Crippen molar-refractivity contribution in [3.05, 3.63) is 76.5 Å². The van der Waals surface area contributed by atoms with Gasteiger partial charge in [0.1, 0.15) is 5.75 Å². The maximum absolute atomic E-state index is 12.8. The largest absolute Gasteiger partial charge is 0.573 e. The Bertz CT molecular complexity index is 1250. The number of rotatable bonds is 6. The number of hydrogen-bond acceptors (Lipinski definition) is 4. The second-order valence-electron chi connectivity index (χ2n) is 7.01. The van der Waals surface area contributed by atoms with Crippen molar-refractivity contribution in [2.24, 2.45) is 0 Å². The summed E-state index contributed by atoms with van der Waals surface area (Å²) in [5, 5.41) is 10.8. The molecule has 9 heteroatoms. The molecular formula is C23H18BrF3N2O3. The Balaban J connectivity index is 1.93. The average molecular weight is 507 g/mol. The number of nitrogens with zero attached hydrogens (tertiary/aromatic N) is 2. The molecule has 4 aromatic rings. The minimum absolute atomic E-state index is 0.320. The van der Waals surface area contributed by atoms with Gasteiger partial charge in [-0.1, -0.05) is 28.1 Å². The number of aromatic nitrogens is 2. The number of aliphatic hydroxyl groups excluding tert-OH is 1. The third kappa shape index (κ3) is 4.58. The summed E-state index contributed by atoms with van der Waals surface area (Å²) in [5.74, 6) is 0.0649. The predicted molar refractivity (Wildman–Crippen MR) is 118 cm³/mol. The smallest absolute Gasteiger partial charge is 0.481 e. The zero-order chi connectivity index (χ0) is 22.9. The number of pyridine rings is 1. The van der Waals surface area contributed by atoms with Crippen molar-refractivity contribution in [1.29, 1.82) is 0 Å². The van der Waals surface area contributed by atoms with Crippen LogP contribution in [-0.4, -0.2) is 28.1 Å². The Labute approximate surface area is 190 Å². The molecule has 166 valence electrons. The lowest BCUT2D eigenvalue weighted by atomic mass is 10.0. The maximum atomic E-state index is 12.8. The first-order chi connectivity index (χ1) is 15.3. The Morgan fingerprint density at radius 2 is 1.91 bits per heavy atom. The van der Waals surface area contributed by atoms with Crippen molar-refractivity contribution in [3.63, 3.8) is 0 Å². The molecule has 0 atom stereocenters. The van der Waals surface area contributed by atoms with E-state index in [0.29, 0.717) is 40.1 Å². The van der Waals surface area contributed by atoms with E-state index in [9.17, 15) is 18.3 Å². The summed E-state index contributed by atoms with van der Waals surface area (Å²) < 4.78 is 50.5. The number of benzene rings is 2. The van der Waals surface area contributed by atoms with E-state index < -0.39 is 6.36 Å². The third-order valence-corrected chi connectivity index (χ3v) is 5.48. The molecule has 0 saturated heterocycles. The standard InChI is InChI=1S/C23H18BrF3N2O3/c1-31-21-8-5-15(11-28-21)22-18-10-17(32-23(25,26)27)6-7-19(18)29(20(22)13-30)12-14-3-2-4-16(24)9-14/h2-11,30H,12-13H2,1H3. The highest BCUT2D eigenvalue weighted by Gasteiger charge is 2.31. The van der Waals surface area contributed by atoms with Crippen molar-refractivity contribution in [1.82, 2.24) is 9.55 Å². The van der Waals surface area contributed by atoms with Gasteiger partial charge in [-0.2, -0.15) is 0 Å². The van der Waals surface area contributed by atoms with E-state index in [-0.39, 0.29) is 12.4 Å². The first-order valence-corrected chi connectivity index (χ1v) is 10.3. The molecule has 0 spiro atoms. The molecule has 1 N–H and O–H groups in total. The van der Waals surface area contributed by atoms with Gasteiger partial charge in [0.15, 0.2) is 0 Å². The normalized spacial score (nSPS) is 11.7. The van der Waals surface area contributed by atoms with Gasteiger partial charge < -0.3 is 19.1 Å². The molecule has 5 nitrogen and oxygen atoms in total. The summed E-state index contributed by atoms with van der Waals surface area (Å²) in [6, 6.07) is 15.3. The number of aliphatic hydroxyl groups is 1. The van der Waals surface area contributed by atoms with Gasteiger partial charge >= 0.3 is 6.36 Å². The summed E-state index contributed by atoms with van der Waals surface area (Å²) in [5.41, 5.74) is 3.39. The molecule has 0 bridgehead atoms. The molecule has 0 unspecified atom stereocenters. The Kier molecular flexibility index (Phi) is 6.12. The molecule has 0 aliphatic heterocycles. The van der Waals surface area contributed by atoms with Gasteiger partial charge in [0.25, 0.3) is 0 Å². The molecule has 2 aromatic heterocycles. The molecule has 0 radical (unpaired) electrons. The summed E-state index contributed by atoms with van der Waals surface area (Å²) >= 11 is 3.45. The number of methoxy groups -OCH3 is 1. The Hall–Kier alpha value is -3.04. The molecule has 2 aromatic carbocycles. The zero-order valence-corrected chi connectivity index (χ0v) is 18.4. The van der Waals surface area contributed by atoms with Crippen molar-refractivity contribution < 1.29 is 27.8 Å². The number of hydrogen-bond donors (Lipinski definition) is 1. The van der Waals surface area contributed by atoms with Gasteiger partial charge in [0, 0.05) is 45.3 Å². The fourth-order valence-electron chi connectivity index (χ4n) is 3.72. The van der Waals surface area contributed by atoms with Crippen molar-refractivity contribution >= 4 is 26.8 Å². The van der Waals surface area contributed by atoms with Crippen LogP contribution >= 0.6 is 15.9 Å². The van der Waals surface area contributed by atoms with E-state index in [2.05, 4.69) is 25.7 Å². The molecule has 0 amide bonds. The van der Waals surface area contributed by atoms with Crippen LogP contribution in [0.2, 0.25) is 0 Å². The van der Waals surface area contributed by atoms with Crippen LogP contribution in [-0.2, 0) is 13.2 Å². The van der Waals surface area contributed by atoms with E-state index in [0.717, 1.165) is 10.0 Å². The minimum Gasteiger partial charge on any atom is -0.481 e. The molecule has 0 aliphatic carbocycles. The average Bonchev–Trinajstić information content (AvgIpc) is 3.05. The highest BCUT2D eigenvalue weighted by atomic mass is 79.9. The van der Waals surface area contributed by atoms with Crippen LogP contribution in [0.4, 0.5) is 13.2 Å². The van der Waals surface area contributed by atoms with E-state index in [4.69, 9.17) is 4.74 Å². The van der Waals surface area contributed by atoms with E-state index in [1.807, 2.05) is 28.8 Å². The van der Waals surface area contributed by atoms with Crippen LogP contribution in [0.5, 0.6) is 11.6 Å². The summed E-state index contributed by atoms with van der Waals surface area (Å²) in [6.07, 6.45) is -3.25. The topological polar surface area (TPSA) is 56.5 Å². The molecule has 4 rings (SSSR count). The van der Waals surface area contributed by atoms with Crippen LogP contribution in [0.1, 0.15) is 11.3 Å². The summed E-state index contributed by atoms with van der Waals surface area (Å²) in [7, 11) is 1.49. The maximum Gasteiger partial charge on any atom is 0.573 e. The first-order valence-electron chi connectivity index (χ1n) is 9.55. The van der Waals surface area contributed by atoms with Gasteiger partial charge in [-0.25, -0.2) is 4.98 Å². The molecule has 0 aliphatic rings. The SMILES string of the molecule is COc1ccc(-c2c(CO)n(Cc3cccc(Br)c3)c3ccc(OC(F)(F)F)cc23)cn1. The van der Waals surface area contributed by atoms with Gasteiger partial charge in [-0.05, 0) is 42.0 Å². The fourth-order valence-corrected chi connectivity index (χ4v) is 4.16. The lowest BCUT2D eigenvalue weighted by Gasteiger charge is -2.11. The number of alkyl halides is 3. The van der Waals surface area contributed by atoms with Gasteiger partial charge in [0.05, 0.1) is 19.4 Å². The van der Waals surface area contributed by atoms with Gasteiger partial charge in [0.2, 0.25) is 5.88 Å². The van der Waals surface area contributed by atoms with Gasteiger partial charge in [-0.3, -0.25) is 0 Å². The van der Waals surface area contributed by atoms with Crippen LogP contribution in [0.25, 0.3) is 22.0 Å². The predicted octanol–water partition coefficient (Wildman–Crippen LogP) is 5.91. The van der Waals surface area contributed by atoms with Crippen molar-refractivity contribution in [3.8, 4) is 22.8 Å². The Morgan fingerprint density at radius 1 is 1.09 bits per heavy atom. The van der Waals surface area contributed by atoms with Crippen LogP contribution in [0.3, 0.4) is 0 Å². The lowest BCUT2D eigenvalue weighted by molar-refractivity contribution is -0.274. The molecular weight excluding hydrogens is 489 g/mol. The van der Waals surface area contributed by atoms with Crippen LogP contribution < -0.4 is 9.47 Å². The number of fused-ring (bicyclic) bond motifs is 1. The number of halogens is 4. The first kappa shape index (κ1) is 22.2. The molecule has 0 fully saturated rings. The van der Waals surface area contributed by atoms with Crippen LogP contribution in [0.15, 0.2) is 65.3 Å². The highest BCUT2D eigenvalue weighted by molar-refractivity contribution is 9.10. The van der Waals surface area contributed by atoms with Crippen molar-refractivity contribution in [2.75, 3.05) is 7.11 Å². The second kappa shape index (κ2) is 8.84. The third-order valence-electron chi connectivity index (χ3n) is 4.99. The van der Waals surface area contributed by atoms with Crippen LogP contribution in [0, 0.1) is 0 Å². The zero-order valence-electron chi connectivity index (χ0n) is 16.9. The molecule has 32 heavy (non-hydrogen) atoms. The minimum atomic E-state index is -4.81. The summed E-state index contributed by atoms with van der Waals surface area (Å²) in [4.78, 5) is 4.21. The summed E-state index contributed by atoms with van der Waals surface area (Å²) in [6.45, 7) is 0.0917. The highest BCUT2D eigenvalue weighted by Crippen LogP contribution is 2.38. The quantitative estimate of drug-likeness (QED) is 0.353. The van der Waals surface area contributed by atoms with Gasteiger partial charge in [-0.15, -0.1) is 13.2 Å². The van der Waals surface area contributed by atoms with E-state index >= 15 is 0 Å².